The lowest BCUT2D eigenvalue weighted by Gasteiger charge is -2.21. The smallest absolute Gasteiger partial charge is 0.185 e. The summed E-state index contributed by atoms with van der Waals surface area (Å²) in [5.74, 6) is -0.238. The Morgan fingerprint density at radius 1 is 1.04 bits per heavy atom. The summed E-state index contributed by atoms with van der Waals surface area (Å²) in [7, 11) is 0. The molecule has 0 bridgehead atoms. The van der Waals surface area contributed by atoms with E-state index in [2.05, 4.69) is 0 Å². The van der Waals surface area contributed by atoms with Gasteiger partial charge in [-0.1, -0.05) is 36.4 Å². The fourth-order valence-electron chi connectivity index (χ4n) is 2.33. The molecule has 4 heteroatoms. The molecule has 0 amide bonds. The number of rotatable bonds is 8. The lowest BCUT2D eigenvalue weighted by atomic mass is 9.91. The lowest BCUT2D eigenvalue weighted by molar-refractivity contribution is -0.119. The molecule has 0 unspecified atom stereocenters. The van der Waals surface area contributed by atoms with Gasteiger partial charge in [-0.3, -0.25) is 14.4 Å². The Morgan fingerprint density at radius 3 is 2.38 bits per heavy atom. The topological polar surface area (TPSA) is 71.4 Å². The molecule has 2 rings (SSSR count). The van der Waals surface area contributed by atoms with Crippen molar-refractivity contribution in [3.8, 4) is 0 Å². The highest BCUT2D eigenvalue weighted by Crippen LogP contribution is 2.20. The third kappa shape index (κ3) is 5.56. The van der Waals surface area contributed by atoms with Crippen LogP contribution in [0.4, 0.5) is 0 Å². The predicted octanol–water partition coefficient (Wildman–Crippen LogP) is 2.98. The van der Waals surface area contributed by atoms with Gasteiger partial charge in [-0.2, -0.15) is 0 Å². The molecule has 124 valence electrons. The molecular weight excluding hydrogens is 304 g/mol. The zero-order valence-corrected chi connectivity index (χ0v) is 13.4. The van der Waals surface area contributed by atoms with Crippen LogP contribution in [0.25, 0.3) is 0 Å². The minimum atomic E-state index is -1.22. The number of aliphatic hydroxyl groups is 1. The zero-order chi connectivity index (χ0) is 17.4. The third-order valence-electron chi connectivity index (χ3n) is 3.79. The number of Topliss-reactive ketones (excluding diaryl/α,β-unsaturated/α-hetero) is 1. The summed E-state index contributed by atoms with van der Waals surface area (Å²) in [6.07, 6.45) is 9.90. The number of ketones is 3. The molecule has 1 aliphatic rings. The Morgan fingerprint density at radius 2 is 1.71 bits per heavy atom. The first-order valence-electron chi connectivity index (χ1n) is 7.91. The Balaban J connectivity index is 1.71. The fourth-order valence-corrected chi connectivity index (χ4v) is 2.33. The summed E-state index contributed by atoms with van der Waals surface area (Å²) < 4.78 is 0. The molecule has 0 atom stereocenters. The average molecular weight is 324 g/mol. The van der Waals surface area contributed by atoms with Gasteiger partial charge in [0.25, 0.3) is 0 Å². The molecule has 0 fully saturated rings. The van der Waals surface area contributed by atoms with Crippen molar-refractivity contribution in [2.45, 2.75) is 31.3 Å². The SMILES string of the molecule is O=C1C=CC(O)(CCC(=O)CC/C=C/C(=O)c2ccccc2)C=C1. The normalized spacial score (nSPS) is 15.8. The standard InChI is InChI=1S/C20H20O4/c21-17(10-13-20(24)14-11-18(22)12-15-20)8-4-5-9-19(23)16-6-2-1-3-7-16/h1-3,5-7,9,11-12,14-15,24H,4,8,10,13H2/b9-5+. The molecule has 24 heavy (non-hydrogen) atoms. The van der Waals surface area contributed by atoms with Crippen molar-refractivity contribution >= 4 is 17.3 Å². The quantitative estimate of drug-likeness (QED) is 0.589. The highest BCUT2D eigenvalue weighted by atomic mass is 16.3. The van der Waals surface area contributed by atoms with Crippen molar-refractivity contribution in [3.05, 3.63) is 72.4 Å². The molecule has 1 aromatic rings. The lowest BCUT2D eigenvalue weighted by Crippen LogP contribution is -2.26. The molecule has 1 N–H and O–H groups in total. The van der Waals surface area contributed by atoms with Gasteiger partial charge in [0.15, 0.2) is 11.6 Å². The van der Waals surface area contributed by atoms with E-state index < -0.39 is 5.60 Å². The first-order valence-corrected chi connectivity index (χ1v) is 7.91. The molecular formula is C20H20O4. The van der Waals surface area contributed by atoms with E-state index in [1.807, 2.05) is 6.07 Å². The van der Waals surface area contributed by atoms with Gasteiger partial charge < -0.3 is 5.11 Å². The maximum atomic E-state index is 11.9. The fraction of sp³-hybridized carbons (Fsp3) is 0.250. The summed E-state index contributed by atoms with van der Waals surface area (Å²) >= 11 is 0. The molecule has 0 spiro atoms. The minimum Gasteiger partial charge on any atom is -0.382 e. The first kappa shape index (κ1) is 17.8. The molecule has 0 aromatic heterocycles. The van der Waals surface area contributed by atoms with Gasteiger partial charge in [0.2, 0.25) is 0 Å². The zero-order valence-electron chi connectivity index (χ0n) is 13.4. The van der Waals surface area contributed by atoms with Gasteiger partial charge in [0.05, 0.1) is 0 Å². The predicted molar refractivity (Wildman–Crippen MR) is 91.6 cm³/mol. The van der Waals surface area contributed by atoms with Crippen LogP contribution in [0.15, 0.2) is 66.8 Å². The van der Waals surface area contributed by atoms with Gasteiger partial charge in [-0.15, -0.1) is 0 Å². The summed E-state index contributed by atoms with van der Waals surface area (Å²) in [5, 5.41) is 10.2. The Bertz CT molecular complexity index is 680. The summed E-state index contributed by atoms with van der Waals surface area (Å²) in [5.41, 5.74) is -0.601. The minimum absolute atomic E-state index is 0.0129. The summed E-state index contributed by atoms with van der Waals surface area (Å²) in [4.78, 5) is 34.7. The van der Waals surface area contributed by atoms with Crippen LogP contribution in [-0.2, 0) is 9.59 Å². The van der Waals surface area contributed by atoms with Crippen LogP contribution < -0.4 is 0 Å². The van der Waals surface area contributed by atoms with E-state index >= 15 is 0 Å². The Hall–Kier alpha value is -2.59. The van der Waals surface area contributed by atoms with E-state index in [9.17, 15) is 19.5 Å². The van der Waals surface area contributed by atoms with Crippen LogP contribution in [0.5, 0.6) is 0 Å². The van der Waals surface area contributed by atoms with E-state index in [1.54, 1.807) is 30.3 Å². The molecule has 0 heterocycles. The van der Waals surface area contributed by atoms with Crippen molar-refractivity contribution < 1.29 is 19.5 Å². The van der Waals surface area contributed by atoms with Crippen molar-refractivity contribution in [2.75, 3.05) is 0 Å². The monoisotopic (exact) mass is 324 g/mol. The van der Waals surface area contributed by atoms with E-state index in [-0.39, 0.29) is 30.2 Å². The Kier molecular flexibility index (Phi) is 6.15. The second kappa shape index (κ2) is 8.31. The molecule has 1 aromatic carbocycles. The largest absolute Gasteiger partial charge is 0.382 e. The summed E-state index contributed by atoms with van der Waals surface area (Å²) in [6, 6.07) is 8.94. The van der Waals surface area contributed by atoms with Crippen LogP contribution in [0, 0.1) is 0 Å². The first-order chi connectivity index (χ1) is 11.5. The third-order valence-corrected chi connectivity index (χ3v) is 3.79. The summed E-state index contributed by atoms with van der Waals surface area (Å²) in [6.45, 7) is 0. The molecule has 4 nitrogen and oxygen atoms in total. The molecule has 0 radical (unpaired) electrons. The van der Waals surface area contributed by atoms with Crippen LogP contribution in [0.2, 0.25) is 0 Å². The number of carbonyl (C=O) groups excluding carboxylic acids is 3. The van der Waals surface area contributed by atoms with Crippen LogP contribution in [-0.4, -0.2) is 28.1 Å². The van der Waals surface area contributed by atoms with Crippen LogP contribution in [0.3, 0.4) is 0 Å². The number of hydrogen-bond acceptors (Lipinski definition) is 4. The molecule has 0 saturated heterocycles. The van der Waals surface area contributed by atoms with E-state index in [1.165, 1.54) is 30.4 Å². The van der Waals surface area contributed by atoms with Crippen molar-refractivity contribution in [1.29, 1.82) is 0 Å². The van der Waals surface area contributed by atoms with E-state index in [4.69, 9.17) is 0 Å². The highest BCUT2D eigenvalue weighted by Gasteiger charge is 2.23. The number of benzene rings is 1. The van der Waals surface area contributed by atoms with Crippen LogP contribution in [0.1, 0.15) is 36.0 Å². The van der Waals surface area contributed by atoms with Gasteiger partial charge in [-0.25, -0.2) is 0 Å². The van der Waals surface area contributed by atoms with Crippen LogP contribution >= 0.6 is 0 Å². The van der Waals surface area contributed by atoms with E-state index in [0.717, 1.165) is 0 Å². The van der Waals surface area contributed by atoms with Gasteiger partial charge in [0, 0.05) is 18.4 Å². The van der Waals surface area contributed by atoms with Crippen molar-refractivity contribution in [2.24, 2.45) is 0 Å². The molecule has 1 aliphatic carbocycles. The Labute approximate surface area is 141 Å². The maximum Gasteiger partial charge on any atom is 0.185 e. The number of hydrogen-bond donors (Lipinski definition) is 1. The maximum absolute atomic E-state index is 11.9. The second-order valence-corrected chi connectivity index (χ2v) is 5.77. The van der Waals surface area contributed by atoms with Gasteiger partial charge in [0.1, 0.15) is 11.4 Å². The highest BCUT2D eigenvalue weighted by molar-refractivity contribution is 6.04. The number of carbonyl (C=O) groups is 3. The van der Waals surface area contributed by atoms with Gasteiger partial charge in [-0.05, 0) is 43.2 Å². The second-order valence-electron chi connectivity index (χ2n) is 5.77. The van der Waals surface area contributed by atoms with Crippen molar-refractivity contribution in [1.82, 2.24) is 0 Å². The molecule has 0 saturated carbocycles. The molecule has 0 aliphatic heterocycles. The number of allylic oxidation sites excluding steroid dienone is 4. The average Bonchev–Trinajstić information content (AvgIpc) is 2.60. The van der Waals surface area contributed by atoms with Crippen molar-refractivity contribution in [3.63, 3.8) is 0 Å². The van der Waals surface area contributed by atoms with Gasteiger partial charge >= 0.3 is 0 Å². The van der Waals surface area contributed by atoms with E-state index in [0.29, 0.717) is 18.4 Å².